The van der Waals surface area contributed by atoms with E-state index in [0.29, 0.717) is 5.96 Å². The average molecular weight is 348 g/mol. The highest BCUT2D eigenvalue weighted by molar-refractivity contribution is 14.0. The highest BCUT2D eigenvalue weighted by atomic mass is 127. The van der Waals surface area contributed by atoms with Crippen molar-refractivity contribution >= 4 is 29.9 Å². The fourth-order valence-corrected chi connectivity index (χ4v) is 1.29. The Kier molecular flexibility index (Phi) is 9.80. The number of guanidine groups is 1. The summed E-state index contributed by atoms with van der Waals surface area (Å²) in [6, 6.07) is 3.99. The molecule has 0 saturated heterocycles. The zero-order valence-electron chi connectivity index (χ0n) is 10.2. The molecule has 0 aliphatic carbocycles. The van der Waals surface area contributed by atoms with E-state index in [1.54, 1.807) is 6.20 Å². The molecule has 0 fully saturated rings. The van der Waals surface area contributed by atoms with E-state index >= 15 is 0 Å². The van der Waals surface area contributed by atoms with Crippen LogP contribution >= 0.6 is 24.0 Å². The molecule has 0 aliphatic heterocycles. The molecule has 1 aromatic rings. The summed E-state index contributed by atoms with van der Waals surface area (Å²) in [5.41, 5.74) is 6.91. The van der Waals surface area contributed by atoms with Crippen LogP contribution in [0.4, 0.5) is 0 Å². The minimum Gasteiger partial charge on any atom is -0.370 e. The number of hydrogen-bond acceptors (Lipinski definition) is 2. The van der Waals surface area contributed by atoms with Crippen molar-refractivity contribution in [1.29, 1.82) is 0 Å². The fraction of sp³-hybridized carbons (Fsp3) is 0.500. The molecule has 3 N–H and O–H groups in total. The molecule has 0 radical (unpaired) electrons. The molecule has 1 aromatic heterocycles. The van der Waals surface area contributed by atoms with Gasteiger partial charge in [0, 0.05) is 25.5 Å². The maximum Gasteiger partial charge on any atom is 0.188 e. The summed E-state index contributed by atoms with van der Waals surface area (Å²) in [5, 5.41) is 3.09. The second kappa shape index (κ2) is 10.3. The third-order valence-electron chi connectivity index (χ3n) is 2.24. The zero-order valence-corrected chi connectivity index (χ0v) is 12.6. The molecule has 0 aromatic carbocycles. The number of nitrogens with one attached hydrogen (secondary N) is 1. The van der Waals surface area contributed by atoms with Gasteiger partial charge in [-0.2, -0.15) is 0 Å². The van der Waals surface area contributed by atoms with Gasteiger partial charge in [-0.25, -0.2) is 0 Å². The predicted octanol–water partition coefficient (Wildman–Crippen LogP) is 1.95. The molecule has 0 atom stereocenters. The molecular weight excluding hydrogens is 327 g/mol. The van der Waals surface area contributed by atoms with E-state index in [1.807, 2.05) is 12.3 Å². The molecule has 0 aliphatic rings. The van der Waals surface area contributed by atoms with Crippen molar-refractivity contribution < 1.29 is 0 Å². The van der Waals surface area contributed by atoms with Crippen LogP contribution in [-0.2, 0) is 6.42 Å². The molecule has 0 unspecified atom stereocenters. The number of nitrogens with two attached hydrogens (primary N) is 1. The van der Waals surface area contributed by atoms with E-state index in [1.165, 1.54) is 5.56 Å². The summed E-state index contributed by atoms with van der Waals surface area (Å²) in [5.74, 6) is 0.539. The standard InChI is InChI=1S/C12H20N4.HI/c1-2-3-8-15-12(13)16-9-6-11-5-4-7-14-10-11;/h4-5,7,10H,2-3,6,8-9H2,1H3,(H3,13,15,16);1H. The minimum absolute atomic E-state index is 0. The Hall–Kier alpha value is -0.850. The first-order chi connectivity index (χ1) is 7.83. The van der Waals surface area contributed by atoms with E-state index in [-0.39, 0.29) is 24.0 Å². The number of halogens is 1. The molecule has 17 heavy (non-hydrogen) atoms. The number of unbranched alkanes of at least 4 members (excludes halogenated alkanes) is 1. The minimum atomic E-state index is 0. The first kappa shape index (κ1) is 16.1. The Morgan fingerprint density at radius 3 is 3.00 bits per heavy atom. The van der Waals surface area contributed by atoms with E-state index in [0.717, 1.165) is 32.4 Å². The number of hydrogen-bond donors (Lipinski definition) is 2. The summed E-state index contributed by atoms with van der Waals surface area (Å²) in [4.78, 5) is 8.27. The van der Waals surface area contributed by atoms with Crippen LogP contribution in [0.5, 0.6) is 0 Å². The lowest BCUT2D eigenvalue weighted by Crippen LogP contribution is -2.33. The normalized spacial score (nSPS) is 10.8. The predicted molar refractivity (Wildman–Crippen MR) is 82.8 cm³/mol. The van der Waals surface area contributed by atoms with Crippen molar-refractivity contribution in [1.82, 2.24) is 10.3 Å². The van der Waals surface area contributed by atoms with Crippen molar-refractivity contribution in [2.45, 2.75) is 26.2 Å². The van der Waals surface area contributed by atoms with Gasteiger partial charge in [-0.1, -0.05) is 19.4 Å². The van der Waals surface area contributed by atoms with Crippen LogP contribution in [0.2, 0.25) is 0 Å². The third-order valence-corrected chi connectivity index (χ3v) is 2.24. The lowest BCUT2D eigenvalue weighted by Gasteiger charge is -2.05. The van der Waals surface area contributed by atoms with Gasteiger partial charge in [-0.15, -0.1) is 24.0 Å². The van der Waals surface area contributed by atoms with Gasteiger partial charge in [0.15, 0.2) is 5.96 Å². The van der Waals surface area contributed by atoms with Gasteiger partial charge in [-0.05, 0) is 24.5 Å². The third kappa shape index (κ3) is 7.95. The van der Waals surface area contributed by atoms with E-state index in [9.17, 15) is 0 Å². The first-order valence-electron chi connectivity index (χ1n) is 5.75. The zero-order chi connectivity index (χ0) is 11.6. The van der Waals surface area contributed by atoms with Gasteiger partial charge in [0.25, 0.3) is 0 Å². The number of aromatic nitrogens is 1. The summed E-state index contributed by atoms with van der Waals surface area (Å²) in [6.07, 6.45) is 6.79. The topological polar surface area (TPSA) is 63.3 Å². The molecule has 0 amide bonds. The van der Waals surface area contributed by atoms with Crippen molar-refractivity contribution in [3.05, 3.63) is 30.1 Å². The maximum atomic E-state index is 5.70. The van der Waals surface area contributed by atoms with Crippen LogP contribution in [0.1, 0.15) is 25.3 Å². The van der Waals surface area contributed by atoms with Gasteiger partial charge < -0.3 is 11.1 Å². The van der Waals surface area contributed by atoms with Crippen molar-refractivity contribution in [3.8, 4) is 0 Å². The lowest BCUT2D eigenvalue weighted by molar-refractivity contribution is 0.790. The van der Waals surface area contributed by atoms with Crippen LogP contribution in [0, 0.1) is 0 Å². The van der Waals surface area contributed by atoms with Gasteiger partial charge in [-0.3, -0.25) is 9.98 Å². The smallest absolute Gasteiger partial charge is 0.188 e. The molecule has 0 saturated carbocycles. The number of rotatable bonds is 6. The summed E-state index contributed by atoms with van der Waals surface area (Å²) >= 11 is 0. The lowest BCUT2D eigenvalue weighted by atomic mass is 10.2. The van der Waals surface area contributed by atoms with Gasteiger partial charge in [0.05, 0.1) is 0 Å². The summed E-state index contributed by atoms with van der Waals surface area (Å²) < 4.78 is 0. The first-order valence-corrected chi connectivity index (χ1v) is 5.75. The molecule has 0 bridgehead atoms. The number of pyridine rings is 1. The van der Waals surface area contributed by atoms with Crippen LogP contribution in [0.3, 0.4) is 0 Å². The summed E-state index contributed by atoms with van der Waals surface area (Å²) in [6.45, 7) is 3.75. The largest absolute Gasteiger partial charge is 0.370 e. The Morgan fingerprint density at radius 2 is 2.35 bits per heavy atom. The molecular formula is C12H21IN4. The van der Waals surface area contributed by atoms with Crippen molar-refractivity contribution in [2.24, 2.45) is 10.7 Å². The highest BCUT2D eigenvalue weighted by Gasteiger charge is 1.93. The number of aliphatic imine (C=N–C) groups is 1. The highest BCUT2D eigenvalue weighted by Crippen LogP contribution is 1.95. The molecule has 1 rings (SSSR count). The Balaban J connectivity index is 0.00000256. The molecule has 5 heteroatoms. The molecule has 1 heterocycles. The Morgan fingerprint density at radius 1 is 1.53 bits per heavy atom. The molecule has 4 nitrogen and oxygen atoms in total. The van der Waals surface area contributed by atoms with Gasteiger partial charge in [0.1, 0.15) is 0 Å². The quantitative estimate of drug-likeness (QED) is 0.358. The SMILES string of the molecule is CCCCN=C(N)NCCc1cccnc1.I. The van der Waals surface area contributed by atoms with Crippen LogP contribution in [0.15, 0.2) is 29.5 Å². The second-order valence-corrected chi connectivity index (χ2v) is 3.66. The van der Waals surface area contributed by atoms with E-state index in [2.05, 4.69) is 28.3 Å². The van der Waals surface area contributed by atoms with E-state index < -0.39 is 0 Å². The molecule has 96 valence electrons. The fourth-order valence-electron chi connectivity index (χ4n) is 1.29. The van der Waals surface area contributed by atoms with Crippen molar-refractivity contribution in [3.63, 3.8) is 0 Å². The second-order valence-electron chi connectivity index (χ2n) is 3.66. The van der Waals surface area contributed by atoms with Crippen LogP contribution in [0.25, 0.3) is 0 Å². The Bertz CT molecular complexity index is 314. The van der Waals surface area contributed by atoms with Gasteiger partial charge in [0.2, 0.25) is 0 Å². The average Bonchev–Trinajstić information content (AvgIpc) is 2.31. The van der Waals surface area contributed by atoms with Crippen LogP contribution in [-0.4, -0.2) is 24.0 Å². The maximum absolute atomic E-state index is 5.70. The molecule has 0 spiro atoms. The number of nitrogens with zero attached hydrogens (tertiary/aromatic N) is 2. The van der Waals surface area contributed by atoms with Crippen molar-refractivity contribution in [2.75, 3.05) is 13.1 Å². The monoisotopic (exact) mass is 348 g/mol. The van der Waals surface area contributed by atoms with E-state index in [4.69, 9.17) is 5.73 Å². The van der Waals surface area contributed by atoms with Gasteiger partial charge >= 0.3 is 0 Å². The summed E-state index contributed by atoms with van der Waals surface area (Å²) in [7, 11) is 0. The van der Waals surface area contributed by atoms with Crippen LogP contribution < -0.4 is 11.1 Å². The Labute approximate surface area is 120 Å².